The summed E-state index contributed by atoms with van der Waals surface area (Å²) >= 11 is 0. The fourth-order valence-electron chi connectivity index (χ4n) is 3.65. The first-order valence-electron chi connectivity index (χ1n) is 9.89. The smallest absolute Gasteiger partial charge is 0.237 e. The van der Waals surface area contributed by atoms with E-state index in [2.05, 4.69) is 25.2 Å². The lowest BCUT2D eigenvalue weighted by atomic mass is 9.92. The van der Waals surface area contributed by atoms with Gasteiger partial charge in [-0.1, -0.05) is 18.2 Å². The highest BCUT2D eigenvalue weighted by Crippen LogP contribution is 2.27. The Hall–Kier alpha value is -2.37. The predicted octanol–water partition coefficient (Wildman–Crippen LogP) is 3.77. The molecule has 2 aromatic carbocycles. The van der Waals surface area contributed by atoms with Gasteiger partial charge in [0.1, 0.15) is 11.5 Å². The quantitative estimate of drug-likeness (QED) is 0.797. The summed E-state index contributed by atoms with van der Waals surface area (Å²) in [7, 11) is 0. The second-order valence-electron chi connectivity index (χ2n) is 7.72. The lowest BCUT2D eigenvalue weighted by Gasteiger charge is -2.26. The first-order valence-corrected chi connectivity index (χ1v) is 9.89. The summed E-state index contributed by atoms with van der Waals surface area (Å²) in [6, 6.07) is 11.7. The highest BCUT2D eigenvalue weighted by molar-refractivity contribution is 5.81. The highest BCUT2D eigenvalue weighted by Gasteiger charge is 2.26. The van der Waals surface area contributed by atoms with Crippen molar-refractivity contribution in [3.8, 4) is 11.5 Å². The zero-order valence-electron chi connectivity index (χ0n) is 17.0. The van der Waals surface area contributed by atoms with Crippen molar-refractivity contribution < 1.29 is 14.3 Å². The zero-order valence-corrected chi connectivity index (χ0v) is 17.0. The molecule has 1 heterocycles. The number of ether oxygens (including phenoxy) is 2. The molecule has 0 saturated carbocycles. The van der Waals surface area contributed by atoms with Crippen LogP contribution in [0.2, 0.25) is 0 Å². The summed E-state index contributed by atoms with van der Waals surface area (Å²) in [4.78, 5) is 12.4. The van der Waals surface area contributed by atoms with Crippen LogP contribution in [0.3, 0.4) is 0 Å². The first-order chi connectivity index (χ1) is 13.4. The number of carbonyl (C=O) groups is 1. The summed E-state index contributed by atoms with van der Waals surface area (Å²) < 4.78 is 11.4. The van der Waals surface area contributed by atoms with Gasteiger partial charge in [0.15, 0.2) is 0 Å². The van der Waals surface area contributed by atoms with Crippen LogP contribution < -0.4 is 15.8 Å². The average Bonchev–Trinajstić information content (AvgIpc) is 2.67. The van der Waals surface area contributed by atoms with Crippen molar-refractivity contribution in [3.05, 3.63) is 58.7 Å². The molecule has 1 unspecified atom stereocenters. The van der Waals surface area contributed by atoms with Gasteiger partial charge in [-0.25, -0.2) is 0 Å². The van der Waals surface area contributed by atoms with Gasteiger partial charge in [-0.3, -0.25) is 4.79 Å². The van der Waals surface area contributed by atoms with Crippen LogP contribution in [0.4, 0.5) is 0 Å². The average molecular weight is 383 g/mol. The van der Waals surface area contributed by atoms with Gasteiger partial charge in [0.05, 0.1) is 6.04 Å². The van der Waals surface area contributed by atoms with Crippen LogP contribution in [0.1, 0.15) is 35.1 Å². The van der Waals surface area contributed by atoms with Crippen LogP contribution in [-0.4, -0.2) is 25.2 Å². The molecule has 0 aliphatic carbocycles. The molecular weight excluding hydrogens is 352 g/mol. The lowest BCUT2D eigenvalue weighted by Crippen LogP contribution is -2.46. The van der Waals surface area contributed by atoms with E-state index in [1.807, 2.05) is 37.3 Å². The molecule has 1 aliphatic rings. The Morgan fingerprint density at radius 2 is 1.82 bits per heavy atom. The Labute approximate surface area is 167 Å². The molecule has 28 heavy (non-hydrogen) atoms. The van der Waals surface area contributed by atoms with E-state index in [1.54, 1.807) is 0 Å². The van der Waals surface area contributed by atoms with Crippen molar-refractivity contribution in [1.29, 1.82) is 0 Å². The van der Waals surface area contributed by atoms with E-state index in [0.29, 0.717) is 19.8 Å². The molecule has 3 rings (SSSR count). The predicted molar refractivity (Wildman–Crippen MR) is 111 cm³/mol. The summed E-state index contributed by atoms with van der Waals surface area (Å²) in [6.45, 7) is 7.96. The standard InChI is InChI=1S/C23H30N2O3/c1-15-10-16(2)12-20(11-15)28-21-5-4-18(13-17(21)3)14-25-23(26)22(24)19-6-8-27-9-7-19/h4-5,10-13,19,22H,6-9,14,24H2,1-3H3,(H,25,26). The molecule has 2 aromatic rings. The number of amides is 1. The molecule has 150 valence electrons. The molecule has 1 saturated heterocycles. The van der Waals surface area contributed by atoms with E-state index in [0.717, 1.165) is 35.5 Å². The number of nitrogens with one attached hydrogen (secondary N) is 1. The number of carbonyl (C=O) groups excluding carboxylic acids is 1. The summed E-state index contributed by atoms with van der Waals surface area (Å²) in [5.41, 5.74) is 10.5. The summed E-state index contributed by atoms with van der Waals surface area (Å²) in [6.07, 6.45) is 1.69. The second-order valence-corrected chi connectivity index (χ2v) is 7.72. The molecule has 0 aromatic heterocycles. The van der Waals surface area contributed by atoms with Crippen LogP contribution in [0.15, 0.2) is 36.4 Å². The second kappa shape index (κ2) is 9.22. The molecule has 0 spiro atoms. The van der Waals surface area contributed by atoms with Crippen LogP contribution in [0.25, 0.3) is 0 Å². The van der Waals surface area contributed by atoms with E-state index >= 15 is 0 Å². The fraction of sp³-hybridized carbons (Fsp3) is 0.435. The normalized spacial score (nSPS) is 15.9. The Kier molecular flexibility index (Phi) is 6.70. The minimum absolute atomic E-state index is 0.0971. The van der Waals surface area contributed by atoms with E-state index in [4.69, 9.17) is 15.2 Å². The van der Waals surface area contributed by atoms with Gasteiger partial charge in [0, 0.05) is 19.8 Å². The molecule has 1 atom stereocenters. The van der Waals surface area contributed by atoms with Crippen molar-refractivity contribution >= 4 is 5.91 Å². The Morgan fingerprint density at radius 1 is 1.14 bits per heavy atom. The van der Waals surface area contributed by atoms with Gasteiger partial charge < -0.3 is 20.5 Å². The van der Waals surface area contributed by atoms with Crippen molar-refractivity contribution in [2.45, 2.75) is 46.2 Å². The molecule has 3 N–H and O–H groups in total. The molecule has 0 radical (unpaired) electrons. The third kappa shape index (κ3) is 5.33. The lowest BCUT2D eigenvalue weighted by molar-refractivity contribution is -0.124. The van der Waals surface area contributed by atoms with Crippen LogP contribution in [0, 0.1) is 26.7 Å². The minimum Gasteiger partial charge on any atom is -0.457 e. The SMILES string of the molecule is Cc1cc(C)cc(Oc2ccc(CNC(=O)C(N)C3CCOCC3)cc2C)c1. The number of nitrogens with two attached hydrogens (primary N) is 1. The van der Waals surface area contributed by atoms with E-state index in [1.165, 1.54) is 11.1 Å². The third-order valence-corrected chi connectivity index (χ3v) is 5.21. The van der Waals surface area contributed by atoms with Gasteiger partial charge in [0.25, 0.3) is 0 Å². The van der Waals surface area contributed by atoms with Crippen molar-refractivity contribution in [1.82, 2.24) is 5.32 Å². The fourth-order valence-corrected chi connectivity index (χ4v) is 3.65. The monoisotopic (exact) mass is 382 g/mol. The Bertz CT molecular complexity index is 808. The number of benzene rings is 2. The Morgan fingerprint density at radius 3 is 2.46 bits per heavy atom. The van der Waals surface area contributed by atoms with Crippen LogP contribution in [-0.2, 0) is 16.1 Å². The third-order valence-electron chi connectivity index (χ3n) is 5.21. The van der Waals surface area contributed by atoms with Crippen LogP contribution >= 0.6 is 0 Å². The number of hydrogen-bond acceptors (Lipinski definition) is 4. The summed E-state index contributed by atoms with van der Waals surface area (Å²) in [5.74, 6) is 1.76. The molecule has 0 bridgehead atoms. The largest absolute Gasteiger partial charge is 0.457 e. The molecule has 1 amide bonds. The zero-order chi connectivity index (χ0) is 20.1. The van der Waals surface area contributed by atoms with E-state index in [9.17, 15) is 4.79 Å². The number of aryl methyl sites for hydroxylation is 3. The Balaban J connectivity index is 1.58. The molecular formula is C23H30N2O3. The molecule has 1 fully saturated rings. The highest BCUT2D eigenvalue weighted by atomic mass is 16.5. The first kappa shape index (κ1) is 20.4. The van der Waals surface area contributed by atoms with Gasteiger partial charge in [-0.15, -0.1) is 0 Å². The maximum absolute atomic E-state index is 12.4. The number of rotatable bonds is 6. The summed E-state index contributed by atoms with van der Waals surface area (Å²) in [5, 5.41) is 2.96. The maximum Gasteiger partial charge on any atom is 0.237 e. The van der Waals surface area contributed by atoms with Crippen molar-refractivity contribution in [2.75, 3.05) is 13.2 Å². The van der Waals surface area contributed by atoms with Gasteiger partial charge in [-0.2, -0.15) is 0 Å². The van der Waals surface area contributed by atoms with Gasteiger partial charge in [-0.05, 0) is 80.0 Å². The van der Waals surface area contributed by atoms with E-state index < -0.39 is 6.04 Å². The maximum atomic E-state index is 12.4. The number of hydrogen-bond donors (Lipinski definition) is 2. The van der Waals surface area contributed by atoms with Crippen LogP contribution in [0.5, 0.6) is 11.5 Å². The minimum atomic E-state index is -0.475. The van der Waals surface area contributed by atoms with Gasteiger partial charge >= 0.3 is 0 Å². The molecule has 5 heteroatoms. The molecule has 1 aliphatic heterocycles. The van der Waals surface area contributed by atoms with E-state index in [-0.39, 0.29) is 11.8 Å². The van der Waals surface area contributed by atoms with Crippen molar-refractivity contribution in [2.24, 2.45) is 11.7 Å². The van der Waals surface area contributed by atoms with Crippen molar-refractivity contribution in [3.63, 3.8) is 0 Å². The van der Waals surface area contributed by atoms with Gasteiger partial charge in [0.2, 0.25) is 5.91 Å². The molecule has 5 nitrogen and oxygen atoms in total. The topological polar surface area (TPSA) is 73.6 Å².